The topological polar surface area (TPSA) is 67.1 Å². The van der Waals surface area contributed by atoms with E-state index in [1.807, 2.05) is 16.0 Å². The van der Waals surface area contributed by atoms with E-state index in [2.05, 4.69) is 26.8 Å². The van der Waals surface area contributed by atoms with Gasteiger partial charge in [-0.25, -0.2) is 9.97 Å². The fraction of sp³-hybridized carbons (Fsp3) is 0.357. The molecule has 6 nitrogen and oxygen atoms in total. The number of rotatable bonds is 6. The van der Waals surface area contributed by atoms with E-state index in [1.165, 1.54) is 0 Å². The Labute approximate surface area is 126 Å². The summed E-state index contributed by atoms with van der Waals surface area (Å²) in [4.78, 5) is 15.3. The summed E-state index contributed by atoms with van der Waals surface area (Å²) in [7, 11) is 0. The van der Waals surface area contributed by atoms with Crippen molar-refractivity contribution in [3.05, 3.63) is 30.2 Å². The first-order chi connectivity index (χ1) is 10.3. The van der Waals surface area contributed by atoms with Crippen molar-refractivity contribution in [1.29, 1.82) is 0 Å². The fourth-order valence-corrected chi connectivity index (χ4v) is 3.10. The van der Waals surface area contributed by atoms with Crippen molar-refractivity contribution in [3.63, 3.8) is 0 Å². The molecule has 3 heterocycles. The van der Waals surface area contributed by atoms with E-state index in [0.29, 0.717) is 6.54 Å². The first-order valence-corrected chi connectivity index (χ1v) is 7.80. The van der Waals surface area contributed by atoms with Crippen molar-refractivity contribution in [1.82, 2.24) is 19.5 Å². The maximum Gasteiger partial charge on any atom is 0.187 e. The van der Waals surface area contributed by atoms with Crippen LogP contribution in [0.3, 0.4) is 0 Å². The van der Waals surface area contributed by atoms with Crippen molar-refractivity contribution < 1.29 is 5.11 Å². The van der Waals surface area contributed by atoms with Crippen LogP contribution in [0.4, 0.5) is 5.13 Å². The molecule has 110 valence electrons. The predicted octanol–water partition coefficient (Wildman–Crippen LogP) is 2.09. The molecule has 0 bridgehead atoms. The highest BCUT2D eigenvalue weighted by Gasteiger charge is 2.12. The lowest BCUT2D eigenvalue weighted by Gasteiger charge is -2.19. The fourth-order valence-electron chi connectivity index (χ4n) is 2.24. The molecule has 0 unspecified atom stereocenters. The second-order valence-electron chi connectivity index (χ2n) is 4.68. The van der Waals surface area contributed by atoms with Gasteiger partial charge in [-0.15, -0.1) is 11.3 Å². The molecular formula is C14H17N5OS. The Morgan fingerprint density at radius 3 is 3.10 bits per heavy atom. The molecule has 0 aromatic carbocycles. The van der Waals surface area contributed by atoms with E-state index in [9.17, 15) is 0 Å². The van der Waals surface area contributed by atoms with E-state index >= 15 is 0 Å². The molecule has 3 aromatic rings. The molecule has 0 atom stereocenters. The van der Waals surface area contributed by atoms with Gasteiger partial charge in [-0.3, -0.25) is 9.55 Å². The summed E-state index contributed by atoms with van der Waals surface area (Å²) in [6, 6.07) is 1.88. The molecule has 0 fully saturated rings. The molecular weight excluding hydrogens is 286 g/mol. The molecule has 0 saturated carbocycles. The number of pyridine rings is 1. The number of hydrogen-bond acceptors (Lipinski definition) is 6. The number of aliphatic hydroxyl groups is 1. The van der Waals surface area contributed by atoms with Crippen LogP contribution in [0.2, 0.25) is 0 Å². The Morgan fingerprint density at radius 1 is 1.38 bits per heavy atom. The molecule has 0 radical (unpaired) electrons. The highest BCUT2D eigenvalue weighted by atomic mass is 32.1. The van der Waals surface area contributed by atoms with Gasteiger partial charge in [0.25, 0.3) is 0 Å². The van der Waals surface area contributed by atoms with Gasteiger partial charge in [0.15, 0.2) is 10.9 Å². The van der Waals surface area contributed by atoms with Gasteiger partial charge in [0.05, 0.1) is 23.8 Å². The summed E-state index contributed by atoms with van der Waals surface area (Å²) >= 11 is 1.58. The van der Waals surface area contributed by atoms with Gasteiger partial charge in [0.2, 0.25) is 0 Å². The van der Waals surface area contributed by atoms with Crippen molar-refractivity contribution in [2.75, 3.05) is 24.6 Å². The number of thiazole rings is 1. The molecule has 0 saturated heterocycles. The standard InChI is InChI=1S/C14H17N5OS/c1-2-5-18(6-7-20)14-17-13(9-21-14)19-10-16-11-3-4-15-8-12(11)19/h3-4,8-10,20H,2,5-7H2,1H3. The van der Waals surface area contributed by atoms with Gasteiger partial charge in [-0.1, -0.05) is 6.92 Å². The lowest BCUT2D eigenvalue weighted by atomic mass is 10.4. The zero-order valence-corrected chi connectivity index (χ0v) is 12.6. The Bertz CT molecular complexity index is 717. The monoisotopic (exact) mass is 303 g/mol. The molecule has 0 aliphatic heterocycles. The second-order valence-corrected chi connectivity index (χ2v) is 5.51. The van der Waals surface area contributed by atoms with Crippen LogP contribution in [0.1, 0.15) is 13.3 Å². The summed E-state index contributed by atoms with van der Waals surface area (Å²) in [6.07, 6.45) is 6.31. The van der Waals surface area contributed by atoms with E-state index in [1.54, 1.807) is 30.1 Å². The molecule has 0 amide bonds. The smallest absolute Gasteiger partial charge is 0.187 e. The largest absolute Gasteiger partial charge is 0.395 e. The maximum atomic E-state index is 9.17. The third-order valence-electron chi connectivity index (χ3n) is 3.21. The number of imidazole rings is 1. The van der Waals surface area contributed by atoms with Gasteiger partial charge in [-0.05, 0) is 12.5 Å². The van der Waals surface area contributed by atoms with Crippen LogP contribution in [0.5, 0.6) is 0 Å². The third-order valence-corrected chi connectivity index (χ3v) is 4.10. The van der Waals surface area contributed by atoms with Crippen LogP contribution in [0.15, 0.2) is 30.2 Å². The van der Waals surface area contributed by atoms with Crippen LogP contribution in [0.25, 0.3) is 16.9 Å². The quantitative estimate of drug-likeness (QED) is 0.755. The van der Waals surface area contributed by atoms with Crippen molar-refractivity contribution in [3.8, 4) is 5.82 Å². The first kappa shape index (κ1) is 14.0. The average Bonchev–Trinajstić information content (AvgIpc) is 3.13. The minimum absolute atomic E-state index is 0.132. The third kappa shape index (κ3) is 2.74. The van der Waals surface area contributed by atoms with E-state index in [-0.39, 0.29) is 6.61 Å². The molecule has 0 aliphatic rings. The van der Waals surface area contributed by atoms with Crippen LogP contribution < -0.4 is 4.90 Å². The Kier molecular flexibility index (Phi) is 4.12. The lowest BCUT2D eigenvalue weighted by molar-refractivity contribution is 0.302. The summed E-state index contributed by atoms with van der Waals surface area (Å²) in [5, 5.41) is 12.1. The zero-order chi connectivity index (χ0) is 14.7. The van der Waals surface area contributed by atoms with Gasteiger partial charge in [0, 0.05) is 24.7 Å². The van der Waals surface area contributed by atoms with Crippen LogP contribution in [0, 0.1) is 0 Å². The van der Waals surface area contributed by atoms with Gasteiger partial charge >= 0.3 is 0 Å². The maximum absolute atomic E-state index is 9.17. The summed E-state index contributed by atoms with van der Waals surface area (Å²) < 4.78 is 1.94. The molecule has 3 aromatic heterocycles. The minimum atomic E-state index is 0.132. The molecule has 7 heteroatoms. The highest BCUT2D eigenvalue weighted by Crippen LogP contribution is 2.25. The normalized spacial score (nSPS) is 11.1. The van der Waals surface area contributed by atoms with E-state index in [0.717, 1.165) is 34.9 Å². The first-order valence-electron chi connectivity index (χ1n) is 6.92. The van der Waals surface area contributed by atoms with Crippen LogP contribution in [-0.4, -0.2) is 44.3 Å². The van der Waals surface area contributed by atoms with Crippen LogP contribution >= 0.6 is 11.3 Å². The number of fused-ring (bicyclic) bond motifs is 1. The molecule has 21 heavy (non-hydrogen) atoms. The number of hydrogen-bond donors (Lipinski definition) is 1. The number of nitrogens with zero attached hydrogens (tertiary/aromatic N) is 5. The molecule has 3 rings (SSSR count). The molecule has 0 aliphatic carbocycles. The van der Waals surface area contributed by atoms with Crippen LogP contribution in [-0.2, 0) is 0 Å². The minimum Gasteiger partial charge on any atom is -0.395 e. The SMILES string of the molecule is CCCN(CCO)c1nc(-n2cnc3ccncc32)cs1. The van der Waals surface area contributed by atoms with Gasteiger partial charge in [0.1, 0.15) is 6.33 Å². The van der Waals surface area contributed by atoms with Crippen molar-refractivity contribution in [2.45, 2.75) is 13.3 Å². The predicted molar refractivity (Wildman–Crippen MR) is 84.1 cm³/mol. The summed E-state index contributed by atoms with van der Waals surface area (Å²) in [5.74, 6) is 0.838. The van der Waals surface area contributed by atoms with Crippen molar-refractivity contribution in [2.24, 2.45) is 0 Å². The number of aromatic nitrogens is 4. The zero-order valence-electron chi connectivity index (χ0n) is 11.8. The second kappa shape index (κ2) is 6.19. The molecule has 1 N–H and O–H groups in total. The highest BCUT2D eigenvalue weighted by molar-refractivity contribution is 7.14. The van der Waals surface area contributed by atoms with Gasteiger partial charge < -0.3 is 10.0 Å². The lowest BCUT2D eigenvalue weighted by Crippen LogP contribution is -2.27. The Balaban J connectivity index is 1.94. The Hall–Kier alpha value is -1.99. The number of aliphatic hydroxyl groups excluding tert-OH is 1. The van der Waals surface area contributed by atoms with Crippen molar-refractivity contribution >= 4 is 27.5 Å². The van der Waals surface area contributed by atoms with E-state index in [4.69, 9.17) is 5.11 Å². The van der Waals surface area contributed by atoms with Gasteiger partial charge in [-0.2, -0.15) is 0 Å². The average molecular weight is 303 g/mol. The van der Waals surface area contributed by atoms with E-state index < -0.39 is 0 Å². The molecule has 0 spiro atoms. The summed E-state index contributed by atoms with van der Waals surface area (Å²) in [5.41, 5.74) is 1.85. The summed E-state index contributed by atoms with van der Waals surface area (Å²) in [6.45, 7) is 3.74. The number of anilines is 1. The Morgan fingerprint density at radius 2 is 2.29 bits per heavy atom.